The summed E-state index contributed by atoms with van der Waals surface area (Å²) in [6.07, 6.45) is -4.42. The van der Waals surface area contributed by atoms with Crippen molar-refractivity contribution in [2.24, 2.45) is 16.9 Å². The van der Waals surface area contributed by atoms with Crippen molar-refractivity contribution in [3.8, 4) is 0 Å². The fourth-order valence-electron chi connectivity index (χ4n) is 2.26. The standard InChI is InChI=1S/C12H11F3N2O2/c13-12(14,15)7-3-1-2-6(4-7)8-5-11(8,9(16)18)10(17)19/h1-4,8H,5H2,(H2,16,18)(H2,17,19). The molecule has 1 aliphatic carbocycles. The molecule has 1 aliphatic rings. The maximum atomic E-state index is 12.6. The average Bonchev–Trinajstić information content (AvgIpc) is 3.04. The number of hydrogen-bond acceptors (Lipinski definition) is 2. The van der Waals surface area contributed by atoms with Crippen LogP contribution in [0.15, 0.2) is 24.3 Å². The zero-order chi connectivity index (χ0) is 14.4. The number of benzene rings is 1. The fraction of sp³-hybridized carbons (Fsp3) is 0.333. The summed E-state index contributed by atoms with van der Waals surface area (Å²) in [6, 6.07) is 4.48. The van der Waals surface area contributed by atoms with Gasteiger partial charge < -0.3 is 11.5 Å². The minimum atomic E-state index is -4.48. The molecule has 7 heteroatoms. The molecule has 1 saturated carbocycles. The van der Waals surface area contributed by atoms with Crippen LogP contribution in [-0.4, -0.2) is 11.8 Å². The molecular formula is C12H11F3N2O2. The normalized spacial score (nSPS) is 20.9. The van der Waals surface area contributed by atoms with E-state index in [0.717, 1.165) is 12.1 Å². The lowest BCUT2D eigenvalue weighted by Crippen LogP contribution is -2.38. The minimum Gasteiger partial charge on any atom is -0.369 e. The first-order chi connectivity index (χ1) is 8.69. The van der Waals surface area contributed by atoms with E-state index in [1.165, 1.54) is 12.1 Å². The molecule has 0 radical (unpaired) electrons. The largest absolute Gasteiger partial charge is 0.416 e. The Morgan fingerprint density at radius 3 is 2.21 bits per heavy atom. The van der Waals surface area contributed by atoms with Crippen LogP contribution in [0.4, 0.5) is 13.2 Å². The van der Waals surface area contributed by atoms with Crippen LogP contribution in [0.2, 0.25) is 0 Å². The summed E-state index contributed by atoms with van der Waals surface area (Å²) in [4.78, 5) is 22.6. The molecule has 0 spiro atoms. The Morgan fingerprint density at radius 1 is 1.21 bits per heavy atom. The summed E-state index contributed by atoms with van der Waals surface area (Å²) in [7, 11) is 0. The summed E-state index contributed by atoms with van der Waals surface area (Å²) in [5.41, 5.74) is 8.10. The summed E-state index contributed by atoms with van der Waals surface area (Å²) in [5.74, 6) is -2.48. The summed E-state index contributed by atoms with van der Waals surface area (Å²) in [6.45, 7) is 0. The van der Waals surface area contributed by atoms with E-state index in [4.69, 9.17) is 11.5 Å². The van der Waals surface area contributed by atoms with Crippen molar-refractivity contribution >= 4 is 11.8 Å². The Hall–Kier alpha value is -2.05. The van der Waals surface area contributed by atoms with Gasteiger partial charge >= 0.3 is 6.18 Å². The van der Waals surface area contributed by atoms with Crippen LogP contribution in [-0.2, 0) is 15.8 Å². The van der Waals surface area contributed by atoms with Gasteiger partial charge in [-0.05, 0) is 18.1 Å². The first kappa shape index (κ1) is 13.4. The molecule has 1 unspecified atom stereocenters. The highest BCUT2D eigenvalue weighted by Crippen LogP contribution is 2.59. The zero-order valence-corrected chi connectivity index (χ0v) is 9.70. The fourth-order valence-corrected chi connectivity index (χ4v) is 2.26. The molecule has 1 aromatic rings. The van der Waals surface area contributed by atoms with Gasteiger partial charge in [0.05, 0.1) is 5.56 Å². The highest BCUT2D eigenvalue weighted by molar-refractivity contribution is 6.08. The molecule has 2 amide bonds. The minimum absolute atomic E-state index is 0.0545. The van der Waals surface area contributed by atoms with E-state index in [9.17, 15) is 22.8 Å². The second kappa shape index (κ2) is 3.97. The Kier molecular flexibility index (Phi) is 2.80. The van der Waals surface area contributed by atoms with E-state index in [1.54, 1.807) is 0 Å². The molecule has 1 atom stereocenters. The number of carbonyl (C=O) groups is 2. The Bertz CT molecular complexity index is 540. The van der Waals surface area contributed by atoms with E-state index in [-0.39, 0.29) is 12.0 Å². The molecule has 2 rings (SSSR count). The van der Waals surface area contributed by atoms with Crippen LogP contribution in [0, 0.1) is 5.41 Å². The van der Waals surface area contributed by atoms with E-state index in [2.05, 4.69) is 0 Å². The SMILES string of the molecule is NC(=O)C1(C(N)=O)CC1c1cccc(C(F)(F)F)c1. The predicted octanol–water partition coefficient (Wildman–Crippen LogP) is 1.15. The third kappa shape index (κ3) is 2.05. The van der Waals surface area contributed by atoms with Crippen LogP contribution in [0.3, 0.4) is 0 Å². The topological polar surface area (TPSA) is 86.2 Å². The zero-order valence-electron chi connectivity index (χ0n) is 9.70. The maximum Gasteiger partial charge on any atom is 0.416 e. The predicted molar refractivity (Wildman–Crippen MR) is 59.6 cm³/mol. The molecule has 1 fully saturated rings. The van der Waals surface area contributed by atoms with Crippen molar-refractivity contribution < 1.29 is 22.8 Å². The first-order valence-electron chi connectivity index (χ1n) is 5.46. The highest BCUT2D eigenvalue weighted by atomic mass is 19.4. The van der Waals surface area contributed by atoms with Gasteiger partial charge in [0, 0.05) is 5.92 Å². The van der Waals surface area contributed by atoms with Crippen LogP contribution in [0.1, 0.15) is 23.5 Å². The van der Waals surface area contributed by atoms with E-state index in [0.29, 0.717) is 0 Å². The third-order valence-electron chi connectivity index (χ3n) is 3.46. The van der Waals surface area contributed by atoms with Crippen LogP contribution in [0.5, 0.6) is 0 Å². The smallest absolute Gasteiger partial charge is 0.369 e. The summed E-state index contributed by atoms with van der Waals surface area (Å²) in [5, 5.41) is 0. The van der Waals surface area contributed by atoms with Gasteiger partial charge in [0.15, 0.2) is 0 Å². The Labute approximate surface area is 106 Å². The van der Waals surface area contributed by atoms with Gasteiger partial charge in [-0.3, -0.25) is 9.59 Å². The summed E-state index contributed by atoms with van der Waals surface area (Å²) < 4.78 is 37.7. The van der Waals surface area contributed by atoms with Crippen LogP contribution < -0.4 is 11.5 Å². The second-order valence-electron chi connectivity index (χ2n) is 4.58. The van der Waals surface area contributed by atoms with Gasteiger partial charge in [0.25, 0.3) is 0 Å². The number of nitrogens with two attached hydrogens (primary N) is 2. The number of amides is 2. The lowest BCUT2D eigenvalue weighted by Gasteiger charge is -2.11. The average molecular weight is 272 g/mol. The number of rotatable bonds is 3. The van der Waals surface area contributed by atoms with Gasteiger partial charge in [0.2, 0.25) is 11.8 Å². The number of carbonyl (C=O) groups excluding carboxylic acids is 2. The third-order valence-corrected chi connectivity index (χ3v) is 3.46. The molecular weight excluding hydrogens is 261 g/mol. The molecule has 1 aromatic carbocycles. The molecule has 4 N–H and O–H groups in total. The number of alkyl halides is 3. The van der Waals surface area contributed by atoms with E-state index in [1.807, 2.05) is 0 Å². The van der Waals surface area contributed by atoms with Crippen molar-refractivity contribution in [2.75, 3.05) is 0 Å². The van der Waals surface area contributed by atoms with Gasteiger partial charge in [-0.2, -0.15) is 13.2 Å². The highest BCUT2D eigenvalue weighted by Gasteiger charge is 2.64. The number of halogens is 3. The van der Waals surface area contributed by atoms with Gasteiger partial charge in [-0.25, -0.2) is 0 Å². The molecule has 4 nitrogen and oxygen atoms in total. The number of primary amides is 2. The summed E-state index contributed by atoms with van der Waals surface area (Å²) >= 11 is 0. The number of hydrogen-bond donors (Lipinski definition) is 2. The van der Waals surface area contributed by atoms with Crippen molar-refractivity contribution in [3.05, 3.63) is 35.4 Å². The maximum absolute atomic E-state index is 12.6. The van der Waals surface area contributed by atoms with E-state index < -0.39 is 34.9 Å². The molecule has 0 aromatic heterocycles. The molecule has 0 bridgehead atoms. The first-order valence-corrected chi connectivity index (χ1v) is 5.46. The quantitative estimate of drug-likeness (QED) is 0.809. The molecule has 0 saturated heterocycles. The monoisotopic (exact) mass is 272 g/mol. The van der Waals surface area contributed by atoms with Crippen molar-refractivity contribution in [2.45, 2.75) is 18.5 Å². The Morgan fingerprint density at radius 2 is 1.79 bits per heavy atom. The van der Waals surface area contributed by atoms with Crippen LogP contribution >= 0.6 is 0 Å². The van der Waals surface area contributed by atoms with E-state index >= 15 is 0 Å². The molecule has 0 aliphatic heterocycles. The van der Waals surface area contributed by atoms with Crippen molar-refractivity contribution in [1.82, 2.24) is 0 Å². The molecule has 102 valence electrons. The van der Waals surface area contributed by atoms with Gasteiger partial charge in [-0.15, -0.1) is 0 Å². The molecule has 0 heterocycles. The van der Waals surface area contributed by atoms with Crippen molar-refractivity contribution in [1.29, 1.82) is 0 Å². The Balaban J connectivity index is 2.36. The van der Waals surface area contributed by atoms with Crippen molar-refractivity contribution in [3.63, 3.8) is 0 Å². The second-order valence-corrected chi connectivity index (χ2v) is 4.58. The van der Waals surface area contributed by atoms with Gasteiger partial charge in [0.1, 0.15) is 5.41 Å². The molecule has 19 heavy (non-hydrogen) atoms. The van der Waals surface area contributed by atoms with Crippen LogP contribution in [0.25, 0.3) is 0 Å². The lowest BCUT2D eigenvalue weighted by molar-refractivity contribution is -0.137. The van der Waals surface area contributed by atoms with Gasteiger partial charge in [-0.1, -0.05) is 18.2 Å². The lowest BCUT2D eigenvalue weighted by atomic mass is 9.96.